The number of carbonyl (C=O) groups excluding carboxylic acids is 1. The average molecular weight is 226 g/mol. The molecule has 7 nitrogen and oxygen atoms in total. The van der Waals surface area contributed by atoms with Gasteiger partial charge < -0.3 is 20.7 Å². The van der Waals surface area contributed by atoms with E-state index in [4.69, 9.17) is 5.11 Å². The van der Waals surface area contributed by atoms with Crippen LogP contribution in [0.15, 0.2) is 12.5 Å². The predicted octanol–water partition coefficient (Wildman–Crippen LogP) is -1.26. The van der Waals surface area contributed by atoms with Gasteiger partial charge in [-0.05, 0) is 7.05 Å². The topological polar surface area (TPSA) is 107 Å². The highest BCUT2D eigenvalue weighted by Gasteiger charge is 2.20. The Hall–Kier alpha value is -1.89. The number of aromatic nitrogens is 2. The van der Waals surface area contributed by atoms with E-state index in [9.17, 15) is 9.59 Å². The molecule has 0 unspecified atom stereocenters. The van der Waals surface area contributed by atoms with Crippen molar-refractivity contribution >= 4 is 11.9 Å². The molecular weight excluding hydrogens is 212 g/mol. The number of hydrogen-bond acceptors (Lipinski definition) is 4. The van der Waals surface area contributed by atoms with Gasteiger partial charge in [0.1, 0.15) is 6.04 Å². The van der Waals surface area contributed by atoms with E-state index in [-0.39, 0.29) is 18.9 Å². The standard InChI is InChI=1S/C9H14N4O3/c1-10-4-8(14)13-7(9(15)16)2-6-3-11-5-12-6/h3,5,7,10H,2,4H2,1H3,(H,11,12)(H,13,14)(H,15,16)/t7-/m1/s1. The number of nitrogens with one attached hydrogen (secondary N) is 3. The minimum atomic E-state index is -1.07. The van der Waals surface area contributed by atoms with Crippen molar-refractivity contribution in [1.82, 2.24) is 20.6 Å². The molecule has 1 aromatic heterocycles. The van der Waals surface area contributed by atoms with Gasteiger partial charge in [-0.2, -0.15) is 0 Å². The molecule has 0 aliphatic rings. The highest BCUT2D eigenvalue weighted by Crippen LogP contribution is 1.98. The molecule has 7 heteroatoms. The van der Waals surface area contributed by atoms with Gasteiger partial charge in [0, 0.05) is 18.3 Å². The highest BCUT2D eigenvalue weighted by molar-refractivity contribution is 5.84. The summed E-state index contributed by atoms with van der Waals surface area (Å²) in [6, 6.07) is -0.943. The first kappa shape index (κ1) is 12.2. The van der Waals surface area contributed by atoms with Crippen LogP contribution in [0.25, 0.3) is 0 Å². The number of hydrogen-bond donors (Lipinski definition) is 4. The molecule has 0 saturated carbocycles. The average Bonchev–Trinajstić information content (AvgIpc) is 2.69. The van der Waals surface area contributed by atoms with Crippen LogP contribution in [-0.2, 0) is 16.0 Å². The van der Waals surface area contributed by atoms with Gasteiger partial charge in [-0.25, -0.2) is 9.78 Å². The number of H-pyrrole nitrogens is 1. The zero-order chi connectivity index (χ0) is 12.0. The Morgan fingerprint density at radius 1 is 1.62 bits per heavy atom. The Balaban J connectivity index is 2.54. The van der Waals surface area contributed by atoms with Crippen molar-refractivity contribution in [2.45, 2.75) is 12.5 Å². The van der Waals surface area contributed by atoms with E-state index in [0.717, 1.165) is 0 Å². The number of imidazole rings is 1. The second-order valence-electron chi connectivity index (χ2n) is 3.27. The molecule has 0 bridgehead atoms. The van der Waals surface area contributed by atoms with Crippen molar-refractivity contribution < 1.29 is 14.7 Å². The first-order valence-corrected chi connectivity index (χ1v) is 4.77. The monoisotopic (exact) mass is 226 g/mol. The summed E-state index contributed by atoms with van der Waals surface area (Å²) in [6.45, 7) is 0.0900. The SMILES string of the molecule is CNCC(=O)N[C@H](Cc1cnc[nH]1)C(=O)O. The van der Waals surface area contributed by atoms with E-state index >= 15 is 0 Å². The van der Waals surface area contributed by atoms with Crippen LogP contribution < -0.4 is 10.6 Å². The summed E-state index contributed by atoms with van der Waals surface area (Å²) in [7, 11) is 1.62. The fourth-order valence-electron chi connectivity index (χ4n) is 1.22. The van der Waals surface area contributed by atoms with Crippen LogP contribution in [0.5, 0.6) is 0 Å². The van der Waals surface area contributed by atoms with Crippen molar-refractivity contribution in [2.24, 2.45) is 0 Å². The number of likely N-dealkylation sites (N-methyl/N-ethyl adjacent to an activating group) is 1. The van der Waals surface area contributed by atoms with E-state index in [1.807, 2.05) is 0 Å². The Morgan fingerprint density at radius 3 is 2.88 bits per heavy atom. The first-order valence-electron chi connectivity index (χ1n) is 4.77. The fourth-order valence-corrected chi connectivity index (χ4v) is 1.22. The van der Waals surface area contributed by atoms with Gasteiger partial charge in [-0.1, -0.05) is 0 Å². The smallest absolute Gasteiger partial charge is 0.326 e. The molecule has 0 radical (unpaired) electrons. The van der Waals surface area contributed by atoms with Crippen LogP contribution in [-0.4, -0.2) is 46.6 Å². The third-order valence-electron chi connectivity index (χ3n) is 1.95. The van der Waals surface area contributed by atoms with Crippen molar-refractivity contribution in [3.8, 4) is 0 Å². The summed E-state index contributed by atoms with van der Waals surface area (Å²) < 4.78 is 0. The molecule has 1 atom stereocenters. The zero-order valence-electron chi connectivity index (χ0n) is 8.86. The van der Waals surface area contributed by atoms with Gasteiger partial charge >= 0.3 is 5.97 Å². The maximum Gasteiger partial charge on any atom is 0.326 e. The molecule has 1 amide bonds. The quantitative estimate of drug-likeness (QED) is 0.484. The number of amides is 1. The van der Waals surface area contributed by atoms with Crippen molar-refractivity contribution in [3.05, 3.63) is 18.2 Å². The van der Waals surface area contributed by atoms with Crippen LogP contribution in [0.4, 0.5) is 0 Å². The fraction of sp³-hybridized carbons (Fsp3) is 0.444. The number of aromatic amines is 1. The molecule has 16 heavy (non-hydrogen) atoms. The van der Waals surface area contributed by atoms with Gasteiger partial charge in [0.05, 0.1) is 12.9 Å². The zero-order valence-corrected chi connectivity index (χ0v) is 8.86. The summed E-state index contributed by atoms with van der Waals surface area (Å²) in [5.74, 6) is -1.42. The molecule has 1 aromatic rings. The maximum absolute atomic E-state index is 11.2. The lowest BCUT2D eigenvalue weighted by Gasteiger charge is -2.13. The molecule has 0 fully saturated rings. The summed E-state index contributed by atoms with van der Waals surface area (Å²) in [6.07, 6.45) is 3.18. The van der Waals surface area contributed by atoms with Crippen molar-refractivity contribution in [1.29, 1.82) is 0 Å². The van der Waals surface area contributed by atoms with Crippen LogP contribution >= 0.6 is 0 Å². The van der Waals surface area contributed by atoms with Crippen LogP contribution in [0.2, 0.25) is 0 Å². The molecular formula is C9H14N4O3. The van der Waals surface area contributed by atoms with E-state index < -0.39 is 12.0 Å². The van der Waals surface area contributed by atoms with Crippen molar-refractivity contribution in [3.63, 3.8) is 0 Å². The molecule has 0 spiro atoms. The number of carboxylic acid groups (broad SMARTS) is 1. The van der Waals surface area contributed by atoms with E-state index in [1.54, 1.807) is 7.05 Å². The molecule has 4 N–H and O–H groups in total. The number of carbonyl (C=O) groups is 2. The van der Waals surface area contributed by atoms with Gasteiger partial charge in [0.25, 0.3) is 0 Å². The van der Waals surface area contributed by atoms with Gasteiger partial charge in [0.2, 0.25) is 5.91 Å². The van der Waals surface area contributed by atoms with Crippen LogP contribution in [0.3, 0.4) is 0 Å². The van der Waals surface area contributed by atoms with E-state index in [0.29, 0.717) is 5.69 Å². The summed E-state index contributed by atoms with van der Waals surface area (Å²) >= 11 is 0. The minimum Gasteiger partial charge on any atom is -0.480 e. The first-order chi connectivity index (χ1) is 7.63. The Labute approximate surface area is 92.3 Å². The van der Waals surface area contributed by atoms with Crippen LogP contribution in [0, 0.1) is 0 Å². The number of aliphatic carboxylic acids is 1. The number of nitrogens with zero attached hydrogens (tertiary/aromatic N) is 1. The lowest BCUT2D eigenvalue weighted by atomic mass is 10.1. The molecule has 1 rings (SSSR count). The second kappa shape index (κ2) is 5.86. The molecule has 0 saturated heterocycles. The minimum absolute atomic E-state index is 0.0900. The third-order valence-corrected chi connectivity index (χ3v) is 1.95. The number of carboxylic acids is 1. The molecule has 88 valence electrons. The van der Waals surface area contributed by atoms with Crippen LogP contribution in [0.1, 0.15) is 5.69 Å². The molecule has 0 aromatic carbocycles. The number of rotatable bonds is 6. The van der Waals surface area contributed by atoms with E-state index in [2.05, 4.69) is 20.6 Å². The summed E-state index contributed by atoms with van der Waals surface area (Å²) in [5, 5.41) is 14.0. The predicted molar refractivity (Wildman–Crippen MR) is 55.8 cm³/mol. The molecule has 0 aliphatic heterocycles. The van der Waals surface area contributed by atoms with Gasteiger partial charge in [-0.15, -0.1) is 0 Å². The lowest BCUT2D eigenvalue weighted by Crippen LogP contribution is -2.45. The molecule has 0 aliphatic carbocycles. The van der Waals surface area contributed by atoms with Crippen molar-refractivity contribution in [2.75, 3.05) is 13.6 Å². The lowest BCUT2D eigenvalue weighted by molar-refractivity contribution is -0.141. The second-order valence-corrected chi connectivity index (χ2v) is 3.27. The van der Waals surface area contributed by atoms with Gasteiger partial charge in [0.15, 0.2) is 0 Å². The Morgan fingerprint density at radius 2 is 2.38 bits per heavy atom. The third kappa shape index (κ3) is 3.70. The molecule has 1 heterocycles. The van der Waals surface area contributed by atoms with E-state index in [1.165, 1.54) is 12.5 Å². The maximum atomic E-state index is 11.2. The normalized spacial score (nSPS) is 12.1. The summed E-state index contributed by atoms with van der Waals surface area (Å²) in [4.78, 5) is 28.7. The summed E-state index contributed by atoms with van der Waals surface area (Å²) in [5.41, 5.74) is 0.664. The largest absolute Gasteiger partial charge is 0.480 e. The Bertz CT molecular complexity index is 350. The Kier molecular flexibility index (Phi) is 4.46. The van der Waals surface area contributed by atoms with Gasteiger partial charge in [-0.3, -0.25) is 4.79 Å². The highest BCUT2D eigenvalue weighted by atomic mass is 16.4.